The van der Waals surface area contributed by atoms with Crippen LogP contribution >= 0.6 is 0 Å². The molecular weight excluding hydrogens is 305 g/mol. The summed E-state index contributed by atoms with van der Waals surface area (Å²) in [7, 11) is 0. The van der Waals surface area contributed by atoms with Crippen molar-refractivity contribution in [2.75, 3.05) is 0 Å². The zero-order valence-electron chi connectivity index (χ0n) is 6.23. The van der Waals surface area contributed by atoms with E-state index in [0.29, 0.717) is 0 Å². The van der Waals surface area contributed by atoms with Crippen LogP contribution in [0.1, 0.15) is 0 Å². The fraction of sp³-hybridized carbons (Fsp3) is 0. The van der Waals surface area contributed by atoms with Gasteiger partial charge in [-0.15, -0.1) is 0 Å². The number of hydrogen-bond acceptors (Lipinski definition) is 6. The second-order valence-electron chi connectivity index (χ2n) is 2.01. The summed E-state index contributed by atoms with van der Waals surface area (Å²) in [6.45, 7) is 0. The number of phenolic OH excluding ortho intramolecular Hbond substituents is 2. The van der Waals surface area contributed by atoms with Crippen LogP contribution in [0.4, 0.5) is 0 Å². The summed E-state index contributed by atoms with van der Waals surface area (Å²) in [4.78, 5) is 41.9. The maximum Gasteiger partial charge on any atom is 2.00 e. The number of benzene rings is 1. The molecule has 0 bridgehead atoms. The molecule has 6 nitrogen and oxygen atoms in total. The van der Waals surface area contributed by atoms with Crippen molar-refractivity contribution in [2.45, 2.75) is 0 Å². The molecule has 0 aliphatic rings. The predicted molar refractivity (Wildman–Crippen MR) is 43.0 cm³/mol. The topological polar surface area (TPSA) is 109 Å². The van der Waals surface area contributed by atoms with Crippen molar-refractivity contribution in [1.29, 1.82) is 0 Å². The molecule has 0 atom stereocenters. The minimum Gasteiger partial charge on any atom is -0.501 e. The molecule has 0 spiro atoms. The van der Waals surface area contributed by atoms with Gasteiger partial charge in [0.2, 0.25) is 11.5 Å². The monoisotopic (exact) mass is 308 g/mol. The Morgan fingerprint density at radius 3 is 1.08 bits per heavy atom. The second kappa shape index (κ2) is 4.20. The van der Waals surface area contributed by atoms with Gasteiger partial charge in [-0.1, -0.05) is 0 Å². The molecule has 0 saturated heterocycles. The van der Waals surface area contributed by atoms with Crippen LogP contribution in [0.3, 0.4) is 0 Å². The first-order chi connectivity index (χ1) is 5.46. The number of rotatable bonds is 0. The molecule has 62 valence electrons. The molecule has 13 heavy (non-hydrogen) atoms. The molecule has 2 N–H and O–H groups in total. The number of phenols is 2. The van der Waals surface area contributed by atoms with Crippen molar-refractivity contribution >= 4 is 48.9 Å². The SMILES string of the molecule is O=c1c(O)c(O)c(=O)c(=O)c1=O.[Ba+2]. The minimum atomic E-state index is -1.63. The van der Waals surface area contributed by atoms with Crippen molar-refractivity contribution in [3.05, 3.63) is 40.9 Å². The molecule has 0 heterocycles. The first-order valence-corrected chi connectivity index (χ1v) is 2.76. The molecule has 0 radical (unpaired) electrons. The Morgan fingerprint density at radius 1 is 0.615 bits per heavy atom. The summed E-state index contributed by atoms with van der Waals surface area (Å²) in [5, 5.41) is 17.2. The van der Waals surface area contributed by atoms with Crippen molar-refractivity contribution in [1.82, 2.24) is 0 Å². The van der Waals surface area contributed by atoms with Gasteiger partial charge < -0.3 is 10.2 Å². The van der Waals surface area contributed by atoms with Gasteiger partial charge >= 0.3 is 48.9 Å². The van der Waals surface area contributed by atoms with Crippen molar-refractivity contribution < 1.29 is 10.2 Å². The zero-order valence-corrected chi connectivity index (χ0v) is 10.7. The Bertz CT molecular complexity index is 475. The first-order valence-electron chi connectivity index (χ1n) is 2.76. The van der Waals surface area contributed by atoms with Crippen LogP contribution in [-0.4, -0.2) is 59.1 Å². The minimum absolute atomic E-state index is 0. The maximum atomic E-state index is 10.5. The summed E-state index contributed by atoms with van der Waals surface area (Å²) in [6.07, 6.45) is 0. The van der Waals surface area contributed by atoms with Crippen molar-refractivity contribution in [2.24, 2.45) is 0 Å². The molecule has 0 aromatic heterocycles. The molecule has 1 aromatic carbocycles. The Morgan fingerprint density at radius 2 is 0.846 bits per heavy atom. The molecule has 0 fully saturated rings. The van der Waals surface area contributed by atoms with Gasteiger partial charge in [-0.25, -0.2) is 0 Å². The summed E-state index contributed by atoms with van der Waals surface area (Å²) < 4.78 is 0. The summed E-state index contributed by atoms with van der Waals surface area (Å²) in [6, 6.07) is 0. The van der Waals surface area contributed by atoms with Crippen LogP contribution < -0.4 is 21.7 Å². The van der Waals surface area contributed by atoms with Gasteiger partial charge in [0.1, 0.15) is 0 Å². The van der Waals surface area contributed by atoms with Gasteiger partial charge in [-0.05, 0) is 0 Å². The van der Waals surface area contributed by atoms with Gasteiger partial charge in [0.05, 0.1) is 0 Å². The van der Waals surface area contributed by atoms with Gasteiger partial charge in [0, 0.05) is 0 Å². The Hall–Kier alpha value is -0.409. The average Bonchev–Trinajstić information content (AvgIpc) is 2.08. The first kappa shape index (κ1) is 12.6. The smallest absolute Gasteiger partial charge is 0.501 e. The van der Waals surface area contributed by atoms with Gasteiger partial charge in [0.15, 0.2) is 0 Å². The fourth-order valence-electron chi connectivity index (χ4n) is 0.636. The van der Waals surface area contributed by atoms with Crippen LogP contribution in [0.2, 0.25) is 0 Å². The van der Waals surface area contributed by atoms with Gasteiger partial charge in [-0.3, -0.25) is 19.2 Å². The second-order valence-corrected chi connectivity index (χ2v) is 2.01. The standard InChI is InChI=1S/C6H2O6.Ba/c7-1-2(8)4(10)6(12)5(11)3(1)9;/h7-8H;/q;+2. The summed E-state index contributed by atoms with van der Waals surface area (Å²) in [5.74, 6) is -2.74. The Kier molecular flexibility index (Phi) is 4.07. The normalized spacial score (nSPS) is 9.23. The molecule has 1 aromatic rings. The number of hydrogen-bond donors (Lipinski definition) is 2. The van der Waals surface area contributed by atoms with Crippen LogP contribution in [-0.2, 0) is 0 Å². The third-order valence-corrected chi connectivity index (χ3v) is 1.27. The van der Waals surface area contributed by atoms with E-state index >= 15 is 0 Å². The molecule has 1 rings (SSSR count). The molecule has 0 unspecified atom stereocenters. The van der Waals surface area contributed by atoms with E-state index in [2.05, 4.69) is 0 Å². The largest absolute Gasteiger partial charge is 2.00 e. The van der Waals surface area contributed by atoms with Crippen molar-refractivity contribution in [3.63, 3.8) is 0 Å². The zero-order chi connectivity index (χ0) is 9.46. The van der Waals surface area contributed by atoms with Gasteiger partial charge in [0.25, 0.3) is 21.7 Å². The molecule has 0 aliphatic heterocycles. The van der Waals surface area contributed by atoms with E-state index < -0.39 is 33.2 Å². The van der Waals surface area contributed by atoms with E-state index in [1.165, 1.54) is 0 Å². The average molecular weight is 307 g/mol. The summed E-state index contributed by atoms with van der Waals surface area (Å²) >= 11 is 0. The quantitative estimate of drug-likeness (QED) is 0.301. The summed E-state index contributed by atoms with van der Waals surface area (Å²) in [5.41, 5.74) is -6.38. The van der Waals surface area contributed by atoms with E-state index in [4.69, 9.17) is 10.2 Å². The maximum absolute atomic E-state index is 10.5. The molecular formula is C6H2BaO6+2. The third-order valence-electron chi connectivity index (χ3n) is 1.27. The third kappa shape index (κ3) is 1.92. The van der Waals surface area contributed by atoms with Gasteiger partial charge in [-0.2, -0.15) is 0 Å². The molecule has 0 aliphatic carbocycles. The molecule has 0 saturated carbocycles. The van der Waals surface area contributed by atoms with E-state index in [-0.39, 0.29) is 48.9 Å². The number of aromatic hydroxyl groups is 2. The van der Waals surface area contributed by atoms with Crippen LogP contribution in [0.5, 0.6) is 11.5 Å². The van der Waals surface area contributed by atoms with Crippen LogP contribution in [0.15, 0.2) is 19.2 Å². The Labute approximate surface area is 110 Å². The van der Waals surface area contributed by atoms with E-state index in [9.17, 15) is 19.2 Å². The predicted octanol–water partition coefficient (Wildman–Crippen LogP) is -2.97. The van der Waals surface area contributed by atoms with E-state index in [0.717, 1.165) is 0 Å². The molecule has 7 heteroatoms. The van der Waals surface area contributed by atoms with E-state index in [1.807, 2.05) is 0 Å². The molecule has 0 amide bonds. The van der Waals surface area contributed by atoms with Crippen LogP contribution in [0.25, 0.3) is 0 Å². The van der Waals surface area contributed by atoms with Crippen LogP contribution in [0, 0.1) is 0 Å². The van der Waals surface area contributed by atoms with E-state index in [1.54, 1.807) is 0 Å². The van der Waals surface area contributed by atoms with Crippen molar-refractivity contribution in [3.8, 4) is 11.5 Å². The Balaban J connectivity index is 0.00000144. The fourth-order valence-corrected chi connectivity index (χ4v) is 0.636.